The van der Waals surface area contributed by atoms with Crippen molar-refractivity contribution in [3.63, 3.8) is 0 Å². The molecule has 108 valence electrons. The van der Waals surface area contributed by atoms with Gasteiger partial charge in [-0.15, -0.1) is 11.3 Å². The van der Waals surface area contributed by atoms with Crippen LogP contribution in [0.5, 0.6) is 5.75 Å². The molecular weight excluding hydrogens is 336 g/mol. The van der Waals surface area contributed by atoms with Gasteiger partial charge in [0.15, 0.2) is 0 Å². The fraction of sp³-hybridized carbons (Fsp3) is 0.333. The van der Waals surface area contributed by atoms with Gasteiger partial charge < -0.3 is 4.74 Å². The summed E-state index contributed by atoms with van der Waals surface area (Å²) in [6.07, 6.45) is 1.88. The zero-order chi connectivity index (χ0) is 14.5. The van der Waals surface area contributed by atoms with E-state index in [9.17, 15) is 0 Å². The molecule has 0 aliphatic heterocycles. The van der Waals surface area contributed by atoms with Gasteiger partial charge in [-0.1, -0.05) is 13.0 Å². The fourth-order valence-corrected chi connectivity index (χ4v) is 3.89. The number of hydrazine groups is 1. The number of halogens is 1. The van der Waals surface area contributed by atoms with Gasteiger partial charge in [-0.2, -0.15) is 0 Å². The molecule has 0 saturated heterocycles. The summed E-state index contributed by atoms with van der Waals surface area (Å²) in [6.45, 7) is 2.17. The molecule has 1 unspecified atom stereocenters. The second kappa shape index (κ2) is 7.22. The number of hydrogen-bond donors (Lipinski definition) is 2. The number of methoxy groups -OCH3 is 1. The van der Waals surface area contributed by atoms with Crippen LogP contribution in [0.3, 0.4) is 0 Å². The minimum Gasteiger partial charge on any atom is -0.496 e. The molecule has 3 N–H and O–H groups in total. The first-order valence-electron chi connectivity index (χ1n) is 6.54. The van der Waals surface area contributed by atoms with Crippen LogP contribution in [0.15, 0.2) is 34.1 Å². The number of hydrogen-bond acceptors (Lipinski definition) is 4. The lowest BCUT2D eigenvalue weighted by atomic mass is 10.0. The summed E-state index contributed by atoms with van der Waals surface area (Å²) in [5.74, 6) is 6.59. The SMILES string of the molecule is CCc1ccsc1C(Cc1ccc(OC)c(Br)c1)NN. The normalized spacial score (nSPS) is 12.4. The van der Waals surface area contributed by atoms with Crippen LogP contribution in [0.1, 0.15) is 29.0 Å². The van der Waals surface area contributed by atoms with E-state index in [1.165, 1.54) is 16.0 Å². The molecule has 1 atom stereocenters. The first-order valence-corrected chi connectivity index (χ1v) is 8.21. The summed E-state index contributed by atoms with van der Waals surface area (Å²) in [6, 6.07) is 8.46. The van der Waals surface area contributed by atoms with Crippen molar-refractivity contribution in [2.75, 3.05) is 7.11 Å². The number of thiophene rings is 1. The number of benzene rings is 1. The van der Waals surface area contributed by atoms with Gasteiger partial charge >= 0.3 is 0 Å². The van der Waals surface area contributed by atoms with E-state index in [-0.39, 0.29) is 6.04 Å². The minimum absolute atomic E-state index is 0.144. The Bertz CT molecular complexity index is 571. The first-order chi connectivity index (χ1) is 9.69. The molecule has 3 nitrogen and oxygen atoms in total. The predicted molar refractivity (Wildman–Crippen MR) is 88.2 cm³/mol. The molecule has 2 aromatic rings. The van der Waals surface area contributed by atoms with Gasteiger partial charge in [0.05, 0.1) is 17.6 Å². The molecule has 0 saturated carbocycles. The molecule has 0 amide bonds. The Kier molecular flexibility index (Phi) is 5.60. The van der Waals surface area contributed by atoms with E-state index in [4.69, 9.17) is 10.6 Å². The second-order valence-corrected chi connectivity index (χ2v) is 6.36. The highest BCUT2D eigenvalue weighted by Gasteiger charge is 2.16. The summed E-state index contributed by atoms with van der Waals surface area (Å²) in [5.41, 5.74) is 5.52. The van der Waals surface area contributed by atoms with Gasteiger partial charge in [0.2, 0.25) is 0 Å². The molecule has 1 aromatic carbocycles. The van der Waals surface area contributed by atoms with Crippen molar-refractivity contribution in [2.24, 2.45) is 5.84 Å². The van der Waals surface area contributed by atoms with E-state index in [0.29, 0.717) is 0 Å². The number of rotatable bonds is 6. The number of ether oxygens (including phenoxy) is 1. The van der Waals surface area contributed by atoms with Gasteiger partial charge in [-0.3, -0.25) is 11.3 Å². The van der Waals surface area contributed by atoms with E-state index in [1.807, 2.05) is 6.07 Å². The molecule has 0 bridgehead atoms. The maximum atomic E-state index is 5.75. The van der Waals surface area contributed by atoms with Gasteiger partial charge in [0.1, 0.15) is 5.75 Å². The van der Waals surface area contributed by atoms with Crippen molar-refractivity contribution in [1.82, 2.24) is 5.43 Å². The van der Waals surface area contributed by atoms with Crippen molar-refractivity contribution in [3.05, 3.63) is 50.1 Å². The van der Waals surface area contributed by atoms with Gasteiger partial charge in [-0.05, 0) is 63.5 Å². The lowest BCUT2D eigenvalue weighted by molar-refractivity contribution is 0.412. The monoisotopic (exact) mass is 354 g/mol. The van der Waals surface area contributed by atoms with Gasteiger partial charge in [-0.25, -0.2) is 0 Å². The molecule has 1 heterocycles. The average molecular weight is 355 g/mol. The molecule has 0 radical (unpaired) electrons. The zero-order valence-corrected chi connectivity index (χ0v) is 14.1. The second-order valence-electron chi connectivity index (χ2n) is 4.56. The van der Waals surface area contributed by atoms with Crippen molar-refractivity contribution < 1.29 is 4.74 Å². The first kappa shape index (κ1) is 15.5. The minimum atomic E-state index is 0.144. The quantitative estimate of drug-likeness (QED) is 0.612. The van der Waals surface area contributed by atoms with Crippen LogP contribution >= 0.6 is 27.3 Å². The highest BCUT2D eigenvalue weighted by molar-refractivity contribution is 9.10. The summed E-state index contributed by atoms with van der Waals surface area (Å²) < 4.78 is 6.22. The third-order valence-corrected chi connectivity index (χ3v) is 5.03. The molecule has 0 aliphatic carbocycles. The summed E-state index contributed by atoms with van der Waals surface area (Å²) >= 11 is 5.28. The zero-order valence-electron chi connectivity index (χ0n) is 11.7. The van der Waals surface area contributed by atoms with E-state index in [1.54, 1.807) is 18.4 Å². The molecule has 5 heteroatoms. The van der Waals surface area contributed by atoms with Crippen LogP contribution in [0, 0.1) is 0 Å². The number of nitrogens with one attached hydrogen (secondary N) is 1. The summed E-state index contributed by atoms with van der Waals surface area (Å²) in [5, 5.41) is 2.13. The third-order valence-electron chi connectivity index (χ3n) is 3.34. The Hall–Kier alpha value is -0.880. The van der Waals surface area contributed by atoms with Crippen molar-refractivity contribution in [1.29, 1.82) is 0 Å². The third kappa shape index (κ3) is 3.41. The van der Waals surface area contributed by atoms with Crippen LogP contribution in [0.25, 0.3) is 0 Å². The van der Waals surface area contributed by atoms with E-state index >= 15 is 0 Å². The Morgan fingerprint density at radius 2 is 2.20 bits per heavy atom. The lowest BCUT2D eigenvalue weighted by Crippen LogP contribution is -2.29. The highest BCUT2D eigenvalue weighted by atomic mass is 79.9. The standard InChI is InChI=1S/C15H19BrN2OS/c1-3-11-6-7-20-15(11)13(18-17)9-10-4-5-14(19-2)12(16)8-10/h4-8,13,18H,3,9,17H2,1-2H3. The lowest BCUT2D eigenvalue weighted by Gasteiger charge is -2.17. The number of aryl methyl sites for hydroxylation is 1. The topological polar surface area (TPSA) is 47.3 Å². The predicted octanol–water partition coefficient (Wildman–Crippen LogP) is 3.83. The molecule has 0 aliphatic rings. The largest absolute Gasteiger partial charge is 0.496 e. The number of nitrogens with two attached hydrogens (primary N) is 1. The molecule has 1 aromatic heterocycles. The van der Waals surface area contributed by atoms with E-state index < -0.39 is 0 Å². The smallest absolute Gasteiger partial charge is 0.133 e. The van der Waals surface area contributed by atoms with Crippen LogP contribution in [0.4, 0.5) is 0 Å². The van der Waals surface area contributed by atoms with Crippen molar-refractivity contribution >= 4 is 27.3 Å². The Labute approximate surface area is 132 Å². The Morgan fingerprint density at radius 3 is 2.80 bits per heavy atom. The molecule has 0 spiro atoms. The maximum Gasteiger partial charge on any atom is 0.133 e. The molecular formula is C15H19BrN2OS. The van der Waals surface area contributed by atoms with Gasteiger partial charge in [0.25, 0.3) is 0 Å². The average Bonchev–Trinajstić information content (AvgIpc) is 2.93. The van der Waals surface area contributed by atoms with Crippen molar-refractivity contribution in [2.45, 2.75) is 25.8 Å². The summed E-state index contributed by atoms with van der Waals surface area (Å²) in [7, 11) is 1.67. The Balaban J connectivity index is 2.20. The summed E-state index contributed by atoms with van der Waals surface area (Å²) in [4.78, 5) is 1.32. The highest BCUT2D eigenvalue weighted by Crippen LogP contribution is 2.30. The fourth-order valence-electron chi connectivity index (χ4n) is 2.25. The van der Waals surface area contributed by atoms with E-state index in [0.717, 1.165) is 23.1 Å². The Morgan fingerprint density at radius 1 is 1.40 bits per heavy atom. The molecule has 0 fully saturated rings. The van der Waals surface area contributed by atoms with Crippen LogP contribution < -0.4 is 16.0 Å². The van der Waals surface area contributed by atoms with E-state index in [2.05, 4.69) is 51.9 Å². The molecule has 2 rings (SSSR count). The van der Waals surface area contributed by atoms with Crippen LogP contribution in [-0.4, -0.2) is 7.11 Å². The van der Waals surface area contributed by atoms with Gasteiger partial charge in [0, 0.05) is 4.88 Å². The van der Waals surface area contributed by atoms with Crippen LogP contribution in [-0.2, 0) is 12.8 Å². The van der Waals surface area contributed by atoms with Crippen LogP contribution in [0.2, 0.25) is 0 Å². The van der Waals surface area contributed by atoms with Crippen molar-refractivity contribution in [3.8, 4) is 5.75 Å². The molecule has 20 heavy (non-hydrogen) atoms. The maximum absolute atomic E-state index is 5.75.